The van der Waals surface area contributed by atoms with E-state index in [2.05, 4.69) is 50.0 Å². The van der Waals surface area contributed by atoms with Gasteiger partial charge in [0.25, 0.3) is 0 Å². The molecule has 0 spiro atoms. The molecule has 0 heterocycles. The average molecular weight is 217 g/mol. The summed E-state index contributed by atoms with van der Waals surface area (Å²) in [5.74, 6) is 0. The van der Waals surface area contributed by atoms with Crippen LogP contribution in [0.1, 0.15) is 43.9 Å². The first-order valence-electron chi connectivity index (χ1n) is 6.14. The van der Waals surface area contributed by atoms with Crippen molar-refractivity contribution in [1.82, 2.24) is 5.32 Å². The Hall–Kier alpha value is -1.08. The number of benzene rings is 1. The summed E-state index contributed by atoms with van der Waals surface area (Å²) in [4.78, 5) is 0. The van der Waals surface area contributed by atoms with Crippen molar-refractivity contribution in [3.8, 4) is 0 Å². The zero-order valence-corrected chi connectivity index (χ0v) is 10.7. The normalized spacial score (nSPS) is 12.4. The predicted octanol–water partition coefficient (Wildman–Crippen LogP) is 3.87. The molecule has 1 unspecified atom stereocenters. The van der Waals surface area contributed by atoms with Gasteiger partial charge in [-0.2, -0.15) is 0 Å². The second-order valence-corrected chi connectivity index (χ2v) is 4.24. The average Bonchev–Trinajstić information content (AvgIpc) is 2.35. The van der Waals surface area contributed by atoms with E-state index in [1.165, 1.54) is 16.7 Å². The smallest absolute Gasteiger partial charge is 0.0355 e. The van der Waals surface area contributed by atoms with Crippen LogP contribution in [0.5, 0.6) is 0 Å². The number of nitrogens with one attached hydrogen (secondary N) is 1. The van der Waals surface area contributed by atoms with Gasteiger partial charge in [-0.1, -0.05) is 50.3 Å². The lowest BCUT2D eigenvalue weighted by atomic mass is 9.97. The van der Waals surface area contributed by atoms with E-state index in [1.807, 2.05) is 7.05 Å². The van der Waals surface area contributed by atoms with E-state index in [0.29, 0.717) is 6.04 Å². The third-order valence-electron chi connectivity index (χ3n) is 3.13. The fraction of sp³-hybridized carbons (Fsp3) is 0.467. The quantitative estimate of drug-likeness (QED) is 0.713. The second-order valence-electron chi connectivity index (χ2n) is 4.24. The Balaban J connectivity index is 2.74. The van der Waals surface area contributed by atoms with E-state index in [9.17, 15) is 0 Å². The molecule has 1 aromatic rings. The Morgan fingerprint density at radius 2 is 1.88 bits per heavy atom. The van der Waals surface area contributed by atoms with E-state index < -0.39 is 0 Å². The molecule has 0 aliphatic carbocycles. The summed E-state index contributed by atoms with van der Waals surface area (Å²) in [6.07, 6.45) is 3.19. The first kappa shape index (κ1) is 13.0. The van der Waals surface area contributed by atoms with Crippen LogP contribution in [0.3, 0.4) is 0 Å². The van der Waals surface area contributed by atoms with E-state index in [4.69, 9.17) is 0 Å². The molecule has 0 aliphatic rings. The third-order valence-corrected chi connectivity index (χ3v) is 3.13. The van der Waals surface area contributed by atoms with Crippen LogP contribution in [0.2, 0.25) is 0 Å². The molecule has 0 aliphatic heterocycles. The predicted molar refractivity (Wildman–Crippen MR) is 71.7 cm³/mol. The minimum absolute atomic E-state index is 0.401. The molecular weight excluding hydrogens is 194 g/mol. The fourth-order valence-electron chi connectivity index (χ4n) is 1.81. The Labute approximate surface area is 99.6 Å². The molecule has 0 aromatic heterocycles. The maximum Gasteiger partial charge on any atom is 0.0355 e. The maximum atomic E-state index is 4.08. The molecule has 0 saturated carbocycles. The van der Waals surface area contributed by atoms with Crippen molar-refractivity contribution in [2.45, 2.75) is 39.2 Å². The molecule has 1 atom stereocenters. The SMILES string of the molecule is C=C(CC)CC(NC)c1ccc(CC)cc1. The van der Waals surface area contributed by atoms with Crippen LogP contribution in [-0.2, 0) is 6.42 Å². The molecule has 1 aromatic carbocycles. The van der Waals surface area contributed by atoms with Crippen molar-refractivity contribution >= 4 is 0 Å². The van der Waals surface area contributed by atoms with Crippen molar-refractivity contribution in [1.29, 1.82) is 0 Å². The van der Waals surface area contributed by atoms with Gasteiger partial charge in [-0.15, -0.1) is 0 Å². The van der Waals surface area contributed by atoms with Crippen molar-refractivity contribution in [2.75, 3.05) is 7.05 Å². The molecule has 88 valence electrons. The summed E-state index contributed by atoms with van der Waals surface area (Å²) in [7, 11) is 2.02. The van der Waals surface area contributed by atoms with Gasteiger partial charge in [0.2, 0.25) is 0 Å². The van der Waals surface area contributed by atoms with E-state index >= 15 is 0 Å². The summed E-state index contributed by atoms with van der Waals surface area (Å²) in [5, 5.41) is 3.36. The lowest BCUT2D eigenvalue weighted by Gasteiger charge is -2.17. The monoisotopic (exact) mass is 217 g/mol. The number of aryl methyl sites for hydroxylation is 1. The Bertz CT molecular complexity index is 324. The highest BCUT2D eigenvalue weighted by molar-refractivity contribution is 5.26. The molecule has 0 bridgehead atoms. The van der Waals surface area contributed by atoms with Gasteiger partial charge in [-0.05, 0) is 37.4 Å². The van der Waals surface area contributed by atoms with Crippen LogP contribution in [-0.4, -0.2) is 7.05 Å². The maximum absolute atomic E-state index is 4.08. The Kier molecular flexibility index (Phi) is 5.27. The number of hydrogen-bond acceptors (Lipinski definition) is 1. The minimum Gasteiger partial charge on any atom is -0.313 e. The summed E-state index contributed by atoms with van der Waals surface area (Å²) < 4.78 is 0. The fourth-order valence-corrected chi connectivity index (χ4v) is 1.81. The van der Waals surface area contributed by atoms with Crippen molar-refractivity contribution in [3.63, 3.8) is 0 Å². The molecule has 0 amide bonds. The summed E-state index contributed by atoms with van der Waals surface area (Å²) in [6, 6.07) is 9.28. The molecule has 0 fully saturated rings. The van der Waals surface area contributed by atoms with Gasteiger partial charge in [-0.25, -0.2) is 0 Å². The molecule has 1 N–H and O–H groups in total. The number of rotatable bonds is 6. The molecule has 1 rings (SSSR count). The zero-order chi connectivity index (χ0) is 12.0. The highest BCUT2D eigenvalue weighted by Crippen LogP contribution is 2.21. The lowest BCUT2D eigenvalue weighted by molar-refractivity contribution is 0.582. The molecule has 0 saturated heterocycles. The van der Waals surface area contributed by atoms with Gasteiger partial charge >= 0.3 is 0 Å². The first-order chi connectivity index (χ1) is 7.71. The van der Waals surface area contributed by atoms with Gasteiger partial charge in [0, 0.05) is 6.04 Å². The van der Waals surface area contributed by atoms with Gasteiger partial charge < -0.3 is 5.32 Å². The lowest BCUT2D eigenvalue weighted by Crippen LogP contribution is -2.16. The van der Waals surface area contributed by atoms with Crippen molar-refractivity contribution in [2.24, 2.45) is 0 Å². The minimum atomic E-state index is 0.401. The third kappa shape index (κ3) is 3.49. The topological polar surface area (TPSA) is 12.0 Å². The van der Waals surface area contributed by atoms with Gasteiger partial charge in [0.1, 0.15) is 0 Å². The molecule has 1 nitrogen and oxygen atoms in total. The summed E-state index contributed by atoms with van der Waals surface area (Å²) in [5.41, 5.74) is 4.06. The largest absolute Gasteiger partial charge is 0.313 e. The number of hydrogen-bond donors (Lipinski definition) is 1. The highest BCUT2D eigenvalue weighted by atomic mass is 14.9. The first-order valence-corrected chi connectivity index (χ1v) is 6.14. The van der Waals surface area contributed by atoms with Crippen LogP contribution in [0.4, 0.5) is 0 Å². The van der Waals surface area contributed by atoms with Crippen LogP contribution < -0.4 is 5.32 Å². The van der Waals surface area contributed by atoms with E-state index in [1.54, 1.807) is 0 Å². The zero-order valence-electron chi connectivity index (χ0n) is 10.7. The van der Waals surface area contributed by atoms with Crippen molar-refractivity contribution < 1.29 is 0 Å². The standard InChI is InChI=1S/C15H23N/c1-5-12(3)11-15(16-4)14-9-7-13(6-2)8-10-14/h7-10,15-16H,3,5-6,11H2,1-2,4H3. The molecule has 1 heteroatoms. The molecule has 16 heavy (non-hydrogen) atoms. The van der Waals surface area contributed by atoms with E-state index in [0.717, 1.165) is 19.3 Å². The van der Waals surface area contributed by atoms with Crippen LogP contribution in [0.25, 0.3) is 0 Å². The van der Waals surface area contributed by atoms with Gasteiger partial charge in [0.05, 0.1) is 0 Å². The Morgan fingerprint density at radius 1 is 1.25 bits per heavy atom. The van der Waals surface area contributed by atoms with Crippen LogP contribution >= 0.6 is 0 Å². The highest BCUT2D eigenvalue weighted by Gasteiger charge is 2.09. The Morgan fingerprint density at radius 3 is 2.31 bits per heavy atom. The van der Waals surface area contributed by atoms with Crippen LogP contribution in [0, 0.1) is 0 Å². The van der Waals surface area contributed by atoms with Gasteiger partial charge in [0.15, 0.2) is 0 Å². The molecular formula is C15H23N. The van der Waals surface area contributed by atoms with E-state index in [-0.39, 0.29) is 0 Å². The summed E-state index contributed by atoms with van der Waals surface area (Å²) in [6.45, 7) is 8.43. The van der Waals surface area contributed by atoms with Gasteiger partial charge in [-0.3, -0.25) is 0 Å². The summed E-state index contributed by atoms with van der Waals surface area (Å²) >= 11 is 0. The second kappa shape index (κ2) is 6.49. The van der Waals surface area contributed by atoms with Crippen LogP contribution in [0.15, 0.2) is 36.4 Å². The molecule has 0 radical (unpaired) electrons. The van der Waals surface area contributed by atoms with Crippen molar-refractivity contribution in [3.05, 3.63) is 47.5 Å².